The van der Waals surface area contributed by atoms with Crippen molar-refractivity contribution in [3.63, 3.8) is 0 Å². The van der Waals surface area contributed by atoms with Crippen LogP contribution < -0.4 is 0 Å². The van der Waals surface area contributed by atoms with Gasteiger partial charge < -0.3 is 5.11 Å². The average molecular weight is 348 g/mol. The van der Waals surface area contributed by atoms with E-state index in [9.17, 15) is 15.2 Å². The fraction of sp³-hybridized carbons (Fsp3) is 0.250. The molecule has 3 rings (SSSR count). The lowest BCUT2D eigenvalue weighted by Crippen LogP contribution is -2.11. The zero-order valence-corrected chi connectivity index (χ0v) is 12.8. The Bertz CT molecular complexity index is 702. The summed E-state index contributed by atoms with van der Waals surface area (Å²) in [6.45, 7) is 0. The van der Waals surface area contributed by atoms with Gasteiger partial charge in [0.15, 0.2) is 0 Å². The van der Waals surface area contributed by atoms with Gasteiger partial charge in [-0.15, -0.1) is 0 Å². The second kappa shape index (κ2) is 5.58. The maximum absolute atomic E-state index is 10.8. The van der Waals surface area contributed by atoms with Crippen LogP contribution in [0, 0.1) is 16.0 Å². The number of nitro groups is 1. The molecule has 0 aliphatic heterocycles. The van der Waals surface area contributed by atoms with E-state index >= 15 is 0 Å². The molecule has 0 spiro atoms. The summed E-state index contributed by atoms with van der Waals surface area (Å²) in [6.07, 6.45) is 1.05. The van der Waals surface area contributed by atoms with Gasteiger partial charge in [-0.05, 0) is 35.4 Å². The average Bonchev–Trinajstić information content (AvgIpc) is 2.78. The maximum atomic E-state index is 10.8. The molecule has 0 fully saturated rings. The molecule has 0 bridgehead atoms. The number of aliphatic hydroxyl groups excluding tert-OH is 1. The monoisotopic (exact) mass is 347 g/mol. The second-order valence-electron chi connectivity index (χ2n) is 5.34. The summed E-state index contributed by atoms with van der Waals surface area (Å²) in [6, 6.07) is 12.7. The Morgan fingerprint density at radius 3 is 2.71 bits per heavy atom. The molecule has 2 aromatic carbocycles. The highest BCUT2D eigenvalue weighted by Crippen LogP contribution is 2.39. The van der Waals surface area contributed by atoms with Gasteiger partial charge in [0, 0.05) is 16.6 Å². The molecule has 2 unspecified atom stereocenters. The zero-order chi connectivity index (χ0) is 15.0. The van der Waals surface area contributed by atoms with Crippen LogP contribution in [0.3, 0.4) is 0 Å². The third-order valence-electron chi connectivity index (χ3n) is 4.03. The SMILES string of the molecule is O=[N+]([O-])c1ccc(CC2Cc3ccccc3C2O)c(Br)c1. The van der Waals surface area contributed by atoms with Gasteiger partial charge in [-0.25, -0.2) is 0 Å². The molecule has 0 heterocycles. The lowest BCUT2D eigenvalue weighted by molar-refractivity contribution is -0.384. The van der Waals surface area contributed by atoms with Gasteiger partial charge in [0.25, 0.3) is 5.69 Å². The molecule has 2 aromatic rings. The van der Waals surface area contributed by atoms with Gasteiger partial charge in [0.1, 0.15) is 0 Å². The van der Waals surface area contributed by atoms with Gasteiger partial charge in [0.05, 0.1) is 11.0 Å². The van der Waals surface area contributed by atoms with Gasteiger partial charge >= 0.3 is 0 Å². The second-order valence-corrected chi connectivity index (χ2v) is 6.20. The van der Waals surface area contributed by atoms with Crippen molar-refractivity contribution in [3.05, 3.63) is 73.7 Å². The van der Waals surface area contributed by atoms with E-state index in [0.29, 0.717) is 6.42 Å². The van der Waals surface area contributed by atoms with E-state index in [0.717, 1.165) is 22.0 Å². The van der Waals surface area contributed by atoms with E-state index in [2.05, 4.69) is 15.9 Å². The van der Waals surface area contributed by atoms with Crippen molar-refractivity contribution in [2.75, 3.05) is 0 Å². The first-order valence-corrected chi connectivity index (χ1v) is 7.54. The molecule has 21 heavy (non-hydrogen) atoms. The molecule has 0 radical (unpaired) electrons. The lowest BCUT2D eigenvalue weighted by Gasteiger charge is -2.16. The molecule has 1 N–H and O–H groups in total. The van der Waals surface area contributed by atoms with Crippen LogP contribution in [-0.4, -0.2) is 10.0 Å². The van der Waals surface area contributed by atoms with Crippen molar-refractivity contribution in [1.82, 2.24) is 0 Å². The molecule has 1 aliphatic rings. The smallest absolute Gasteiger partial charge is 0.270 e. The lowest BCUT2D eigenvalue weighted by atomic mass is 9.94. The summed E-state index contributed by atoms with van der Waals surface area (Å²) in [5.74, 6) is 0.111. The maximum Gasteiger partial charge on any atom is 0.270 e. The molecule has 2 atom stereocenters. The Balaban J connectivity index is 1.81. The number of non-ortho nitro benzene ring substituents is 1. The summed E-state index contributed by atoms with van der Waals surface area (Å²) >= 11 is 3.39. The van der Waals surface area contributed by atoms with Crippen molar-refractivity contribution >= 4 is 21.6 Å². The van der Waals surface area contributed by atoms with Crippen LogP contribution in [0.1, 0.15) is 22.8 Å². The standard InChI is InChI=1S/C16H14BrNO3/c17-15-9-13(18(20)21)6-5-11(15)8-12-7-10-3-1-2-4-14(10)16(12)19/h1-6,9,12,16,19H,7-8H2. The van der Waals surface area contributed by atoms with Crippen LogP contribution in [0.2, 0.25) is 0 Å². The largest absolute Gasteiger partial charge is 0.388 e. The number of hydrogen-bond acceptors (Lipinski definition) is 3. The molecular weight excluding hydrogens is 334 g/mol. The molecule has 1 aliphatic carbocycles. The van der Waals surface area contributed by atoms with Crippen LogP contribution in [0.25, 0.3) is 0 Å². The summed E-state index contributed by atoms with van der Waals surface area (Å²) in [4.78, 5) is 10.3. The zero-order valence-electron chi connectivity index (χ0n) is 11.2. The molecule has 4 nitrogen and oxygen atoms in total. The predicted octanol–water partition coefficient (Wildman–Crippen LogP) is 3.81. The highest BCUT2D eigenvalue weighted by atomic mass is 79.9. The van der Waals surface area contributed by atoms with Crippen molar-refractivity contribution < 1.29 is 10.0 Å². The molecule has 0 aromatic heterocycles. The van der Waals surface area contributed by atoms with E-state index in [1.54, 1.807) is 6.07 Å². The van der Waals surface area contributed by atoms with Crippen molar-refractivity contribution in [2.45, 2.75) is 18.9 Å². The Labute approximate surface area is 130 Å². The van der Waals surface area contributed by atoms with Crippen molar-refractivity contribution in [1.29, 1.82) is 0 Å². The number of nitro benzene ring substituents is 1. The van der Waals surface area contributed by atoms with Crippen LogP contribution >= 0.6 is 15.9 Å². The normalized spacial score (nSPS) is 20.3. The van der Waals surface area contributed by atoms with Crippen LogP contribution in [0.15, 0.2) is 46.9 Å². The Hall–Kier alpha value is -1.72. The quantitative estimate of drug-likeness (QED) is 0.678. The summed E-state index contributed by atoms with van der Waals surface area (Å²) in [7, 11) is 0. The topological polar surface area (TPSA) is 63.4 Å². The fourth-order valence-corrected chi connectivity index (χ4v) is 3.47. The number of benzene rings is 2. The van der Waals surface area contributed by atoms with E-state index < -0.39 is 11.0 Å². The molecular formula is C16H14BrNO3. The Morgan fingerprint density at radius 1 is 1.29 bits per heavy atom. The summed E-state index contributed by atoms with van der Waals surface area (Å²) in [5, 5.41) is 21.2. The highest BCUT2D eigenvalue weighted by molar-refractivity contribution is 9.10. The molecule has 0 saturated heterocycles. The van der Waals surface area contributed by atoms with Crippen LogP contribution in [0.5, 0.6) is 0 Å². The molecule has 108 valence electrons. The Morgan fingerprint density at radius 2 is 2.05 bits per heavy atom. The first-order valence-electron chi connectivity index (χ1n) is 6.75. The van der Waals surface area contributed by atoms with E-state index in [1.807, 2.05) is 24.3 Å². The fourth-order valence-electron chi connectivity index (χ4n) is 2.94. The van der Waals surface area contributed by atoms with Crippen molar-refractivity contribution in [3.8, 4) is 0 Å². The summed E-state index contributed by atoms with van der Waals surface area (Å²) < 4.78 is 0.722. The highest BCUT2D eigenvalue weighted by Gasteiger charge is 2.31. The summed E-state index contributed by atoms with van der Waals surface area (Å²) in [5.41, 5.74) is 3.24. The van der Waals surface area contributed by atoms with Crippen LogP contribution in [0.4, 0.5) is 5.69 Å². The van der Waals surface area contributed by atoms with Crippen molar-refractivity contribution in [2.24, 2.45) is 5.92 Å². The van der Waals surface area contributed by atoms with Gasteiger partial charge in [-0.3, -0.25) is 10.1 Å². The first kappa shape index (κ1) is 14.2. The molecule has 0 amide bonds. The number of aliphatic hydroxyl groups is 1. The first-order chi connectivity index (χ1) is 10.1. The minimum atomic E-state index is -0.469. The number of fused-ring (bicyclic) bond motifs is 1. The van der Waals surface area contributed by atoms with E-state index in [1.165, 1.54) is 17.7 Å². The van der Waals surface area contributed by atoms with Crippen LogP contribution in [-0.2, 0) is 12.8 Å². The third-order valence-corrected chi connectivity index (χ3v) is 4.77. The van der Waals surface area contributed by atoms with Gasteiger partial charge in [0.2, 0.25) is 0 Å². The molecule has 0 saturated carbocycles. The minimum Gasteiger partial charge on any atom is -0.388 e. The number of halogens is 1. The van der Waals surface area contributed by atoms with E-state index in [4.69, 9.17) is 0 Å². The van der Waals surface area contributed by atoms with Gasteiger partial charge in [-0.2, -0.15) is 0 Å². The Kier molecular flexibility index (Phi) is 3.78. The minimum absolute atomic E-state index is 0.0703. The van der Waals surface area contributed by atoms with Gasteiger partial charge in [-0.1, -0.05) is 46.3 Å². The number of rotatable bonds is 3. The number of nitrogens with zero attached hydrogens (tertiary/aromatic N) is 1. The number of hydrogen-bond donors (Lipinski definition) is 1. The molecule has 5 heteroatoms. The third kappa shape index (κ3) is 2.71. The van der Waals surface area contributed by atoms with E-state index in [-0.39, 0.29) is 11.6 Å². The predicted molar refractivity (Wildman–Crippen MR) is 83.1 cm³/mol.